The topological polar surface area (TPSA) is 88.6 Å². The van der Waals surface area contributed by atoms with E-state index in [9.17, 15) is 13.2 Å². The largest absolute Gasteiger partial charge is 0.497 e. The number of benzene rings is 3. The lowest BCUT2D eigenvalue weighted by Gasteiger charge is -2.31. The number of carbonyl (C=O) groups excluding carboxylic acids is 1. The maximum absolute atomic E-state index is 13.1. The average molecular weight is 508 g/mol. The molecule has 5 rings (SSSR count). The second-order valence-corrected chi connectivity index (χ2v) is 11.3. The van der Waals surface area contributed by atoms with Gasteiger partial charge in [-0.05, 0) is 53.9 Å². The van der Waals surface area contributed by atoms with Gasteiger partial charge in [-0.2, -0.15) is 4.31 Å². The third-order valence-corrected chi connectivity index (χ3v) is 8.87. The van der Waals surface area contributed by atoms with Crippen LogP contribution in [0.2, 0.25) is 0 Å². The summed E-state index contributed by atoms with van der Waals surface area (Å²) in [5.41, 5.74) is 1.78. The first-order valence-electron chi connectivity index (χ1n) is 11.3. The van der Waals surface area contributed by atoms with E-state index in [-0.39, 0.29) is 17.3 Å². The van der Waals surface area contributed by atoms with Gasteiger partial charge < -0.3 is 10.1 Å². The molecule has 35 heavy (non-hydrogen) atoms. The van der Waals surface area contributed by atoms with E-state index in [1.807, 2.05) is 23.6 Å². The molecule has 1 unspecified atom stereocenters. The maximum atomic E-state index is 13.1. The number of rotatable bonds is 6. The highest BCUT2D eigenvalue weighted by atomic mass is 32.2. The number of piperidine rings is 1. The van der Waals surface area contributed by atoms with Gasteiger partial charge in [-0.1, -0.05) is 36.4 Å². The number of sulfonamides is 1. The Morgan fingerprint density at radius 3 is 2.63 bits per heavy atom. The van der Waals surface area contributed by atoms with Crippen LogP contribution in [0.4, 0.5) is 5.13 Å². The second kappa shape index (κ2) is 9.77. The van der Waals surface area contributed by atoms with Crippen molar-refractivity contribution in [1.82, 2.24) is 9.29 Å². The van der Waals surface area contributed by atoms with Crippen LogP contribution in [0, 0.1) is 5.92 Å². The minimum atomic E-state index is -3.69. The number of hydrogen-bond acceptors (Lipinski definition) is 6. The number of methoxy groups -OCH3 is 1. The molecule has 7 nitrogen and oxygen atoms in total. The number of nitrogens with zero attached hydrogens (tertiary/aromatic N) is 2. The number of thiazole rings is 1. The van der Waals surface area contributed by atoms with E-state index in [0.717, 1.165) is 22.0 Å². The smallest absolute Gasteiger partial charge is 0.243 e. The summed E-state index contributed by atoms with van der Waals surface area (Å²) >= 11 is 1.36. The van der Waals surface area contributed by atoms with E-state index in [2.05, 4.69) is 34.6 Å². The van der Waals surface area contributed by atoms with Crippen molar-refractivity contribution < 1.29 is 17.9 Å². The monoisotopic (exact) mass is 507 g/mol. The van der Waals surface area contributed by atoms with Crippen LogP contribution >= 0.6 is 11.3 Å². The van der Waals surface area contributed by atoms with E-state index in [0.29, 0.717) is 30.3 Å². The molecule has 1 N–H and O–H groups in total. The molecule has 1 aromatic heterocycles. The number of ether oxygens (including phenoxy) is 1. The van der Waals surface area contributed by atoms with E-state index in [1.165, 1.54) is 34.9 Å². The van der Waals surface area contributed by atoms with Crippen LogP contribution in [-0.4, -0.2) is 43.8 Å². The molecular formula is C26H25N3O4S2. The van der Waals surface area contributed by atoms with Crippen LogP contribution < -0.4 is 10.1 Å². The SMILES string of the molecule is COc1ccc(S(=O)(=O)N2CCCC(C(=O)Nc3nc(-c4ccc5ccccc5c4)cs3)C2)cc1. The van der Waals surface area contributed by atoms with Gasteiger partial charge in [0.2, 0.25) is 15.9 Å². The quantitative estimate of drug-likeness (QED) is 0.396. The average Bonchev–Trinajstić information content (AvgIpc) is 3.37. The number of nitrogens with one attached hydrogen (secondary N) is 1. The van der Waals surface area contributed by atoms with Gasteiger partial charge in [-0.3, -0.25) is 4.79 Å². The zero-order valence-corrected chi connectivity index (χ0v) is 20.8. The fraction of sp³-hybridized carbons (Fsp3) is 0.231. The molecule has 3 aromatic carbocycles. The molecule has 2 heterocycles. The third kappa shape index (κ3) is 4.93. The summed E-state index contributed by atoms with van der Waals surface area (Å²) in [5, 5.41) is 7.61. The highest BCUT2D eigenvalue weighted by Crippen LogP contribution is 2.29. The lowest BCUT2D eigenvalue weighted by molar-refractivity contribution is -0.120. The van der Waals surface area contributed by atoms with E-state index in [4.69, 9.17) is 4.74 Å². The fourth-order valence-electron chi connectivity index (χ4n) is 4.29. The summed E-state index contributed by atoms with van der Waals surface area (Å²) in [6, 6.07) is 20.6. The van der Waals surface area contributed by atoms with Crippen molar-refractivity contribution in [3.05, 3.63) is 72.1 Å². The van der Waals surface area contributed by atoms with E-state index >= 15 is 0 Å². The van der Waals surface area contributed by atoms with E-state index in [1.54, 1.807) is 12.1 Å². The van der Waals surface area contributed by atoms with Gasteiger partial charge in [0.1, 0.15) is 5.75 Å². The molecule has 0 saturated carbocycles. The number of hydrogen-bond donors (Lipinski definition) is 1. The third-order valence-electron chi connectivity index (χ3n) is 6.23. The summed E-state index contributed by atoms with van der Waals surface area (Å²) in [5.74, 6) is -0.0600. The Kier molecular flexibility index (Phi) is 6.55. The van der Waals surface area contributed by atoms with Crippen LogP contribution in [0.5, 0.6) is 5.75 Å². The van der Waals surface area contributed by atoms with Crippen LogP contribution in [-0.2, 0) is 14.8 Å². The minimum Gasteiger partial charge on any atom is -0.497 e. The van der Waals surface area contributed by atoms with E-state index < -0.39 is 15.9 Å². The van der Waals surface area contributed by atoms with Crippen LogP contribution in [0.3, 0.4) is 0 Å². The molecule has 1 atom stereocenters. The Morgan fingerprint density at radius 2 is 1.86 bits per heavy atom. The molecular weight excluding hydrogens is 482 g/mol. The Balaban J connectivity index is 1.27. The summed E-state index contributed by atoms with van der Waals surface area (Å²) in [6.07, 6.45) is 1.25. The lowest BCUT2D eigenvalue weighted by atomic mass is 9.99. The van der Waals surface area contributed by atoms with Crippen molar-refractivity contribution in [3.63, 3.8) is 0 Å². The Morgan fingerprint density at radius 1 is 1.09 bits per heavy atom. The summed E-state index contributed by atoms with van der Waals surface area (Å²) in [6.45, 7) is 0.532. The van der Waals surface area contributed by atoms with Crippen LogP contribution in [0.25, 0.3) is 22.0 Å². The van der Waals surface area contributed by atoms with Gasteiger partial charge in [0.25, 0.3) is 0 Å². The van der Waals surface area contributed by atoms with Crippen molar-refractivity contribution in [2.75, 3.05) is 25.5 Å². The van der Waals surface area contributed by atoms with Gasteiger partial charge in [0.15, 0.2) is 5.13 Å². The first-order valence-corrected chi connectivity index (χ1v) is 13.7. The molecule has 0 spiro atoms. The van der Waals surface area contributed by atoms with Crippen molar-refractivity contribution in [2.24, 2.45) is 5.92 Å². The summed E-state index contributed by atoms with van der Waals surface area (Å²) in [4.78, 5) is 17.8. The Bertz CT molecular complexity index is 1470. The molecule has 1 fully saturated rings. The first kappa shape index (κ1) is 23.5. The number of amides is 1. The van der Waals surface area contributed by atoms with Gasteiger partial charge in [0, 0.05) is 24.0 Å². The molecule has 1 amide bonds. The Labute approximate surface area is 208 Å². The van der Waals surface area contributed by atoms with Crippen molar-refractivity contribution >= 4 is 43.2 Å². The zero-order chi connectivity index (χ0) is 24.4. The van der Waals surface area contributed by atoms with Crippen molar-refractivity contribution in [2.45, 2.75) is 17.7 Å². The highest BCUT2D eigenvalue weighted by Gasteiger charge is 2.33. The molecule has 0 radical (unpaired) electrons. The number of anilines is 1. The van der Waals surface area contributed by atoms with Crippen LogP contribution in [0.1, 0.15) is 12.8 Å². The lowest BCUT2D eigenvalue weighted by Crippen LogP contribution is -2.43. The Hall–Kier alpha value is -3.27. The second-order valence-electron chi connectivity index (χ2n) is 8.47. The number of fused-ring (bicyclic) bond motifs is 1. The van der Waals surface area contributed by atoms with Gasteiger partial charge >= 0.3 is 0 Å². The number of aromatic nitrogens is 1. The molecule has 9 heteroatoms. The maximum Gasteiger partial charge on any atom is 0.243 e. The molecule has 1 aliphatic rings. The molecule has 0 bridgehead atoms. The van der Waals surface area contributed by atoms with Crippen molar-refractivity contribution in [3.8, 4) is 17.0 Å². The molecule has 180 valence electrons. The minimum absolute atomic E-state index is 0.142. The predicted molar refractivity (Wildman–Crippen MR) is 138 cm³/mol. The molecule has 1 saturated heterocycles. The van der Waals surface area contributed by atoms with Gasteiger partial charge in [0.05, 0.1) is 23.6 Å². The summed E-state index contributed by atoms with van der Waals surface area (Å²) in [7, 11) is -2.16. The van der Waals surface area contributed by atoms with Gasteiger partial charge in [-0.25, -0.2) is 13.4 Å². The zero-order valence-electron chi connectivity index (χ0n) is 19.2. The fourth-order valence-corrected chi connectivity index (χ4v) is 6.54. The molecule has 4 aromatic rings. The molecule has 0 aliphatic carbocycles. The normalized spacial score (nSPS) is 16.8. The summed E-state index contributed by atoms with van der Waals surface area (Å²) < 4.78 is 32.7. The van der Waals surface area contributed by atoms with Crippen molar-refractivity contribution in [1.29, 1.82) is 0 Å². The van der Waals surface area contributed by atoms with Crippen LogP contribution in [0.15, 0.2) is 77.0 Å². The van der Waals surface area contributed by atoms with Gasteiger partial charge in [-0.15, -0.1) is 11.3 Å². The first-order chi connectivity index (χ1) is 16.9. The standard InChI is InChI=1S/C26H25N3O4S2/c1-33-22-10-12-23(13-11-22)35(31,32)29-14-4-7-21(16-29)25(30)28-26-27-24(17-34-26)20-9-8-18-5-2-3-6-19(18)15-20/h2-3,5-6,8-13,15,17,21H,4,7,14,16H2,1H3,(H,27,28,30). The number of carbonyl (C=O) groups is 1. The highest BCUT2D eigenvalue weighted by molar-refractivity contribution is 7.89. The predicted octanol–water partition coefficient (Wildman–Crippen LogP) is 5.01. The molecule has 1 aliphatic heterocycles.